The van der Waals surface area contributed by atoms with Gasteiger partial charge in [-0.3, -0.25) is 4.79 Å². The normalized spacial score (nSPS) is 23.1. The predicted octanol–water partition coefficient (Wildman–Crippen LogP) is 3.24. The molecule has 5 nitrogen and oxygen atoms in total. The van der Waals surface area contributed by atoms with E-state index in [0.717, 1.165) is 12.8 Å². The van der Waals surface area contributed by atoms with Gasteiger partial charge in [-0.1, -0.05) is 19.3 Å². The van der Waals surface area contributed by atoms with E-state index in [9.17, 15) is 9.59 Å². The number of carbonyl (C=O) groups is 2. The Bertz CT molecular complexity index is 414. The molecule has 126 valence electrons. The molecular weight excluding hydrogens is 280 g/mol. The molecule has 22 heavy (non-hydrogen) atoms. The Morgan fingerprint density at radius 1 is 1.09 bits per heavy atom. The van der Waals surface area contributed by atoms with Gasteiger partial charge < -0.3 is 15.3 Å². The summed E-state index contributed by atoms with van der Waals surface area (Å²) in [6, 6.07) is 0. The average Bonchev–Trinajstić information content (AvgIpc) is 2.46. The first-order valence-corrected chi connectivity index (χ1v) is 8.55. The first-order valence-electron chi connectivity index (χ1n) is 8.55. The smallest absolute Gasteiger partial charge is 0.407 e. The van der Waals surface area contributed by atoms with E-state index in [0.29, 0.717) is 31.8 Å². The summed E-state index contributed by atoms with van der Waals surface area (Å²) in [5.41, 5.74) is -0.623. The number of carbonyl (C=O) groups excluding carboxylic acids is 1. The van der Waals surface area contributed by atoms with Crippen molar-refractivity contribution in [2.45, 2.75) is 71.3 Å². The summed E-state index contributed by atoms with van der Waals surface area (Å²) in [5.74, 6) is 0.538. The second kappa shape index (κ2) is 6.47. The summed E-state index contributed by atoms with van der Waals surface area (Å²) >= 11 is 0. The summed E-state index contributed by atoms with van der Waals surface area (Å²) in [7, 11) is 0. The number of amides is 2. The quantitative estimate of drug-likeness (QED) is 0.822. The van der Waals surface area contributed by atoms with Crippen LogP contribution in [0.3, 0.4) is 0 Å². The molecule has 1 aliphatic heterocycles. The number of nitrogens with one attached hydrogen (secondary N) is 1. The zero-order chi connectivity index (χ0) is 16.4. The van der Waals surface area contributed by atoms with Gasteiger partial charge in [-0.05, 0) is 52.4 Å². The molecule has 0 aromatic carbocycles. The van der Waals surface area contributed by atoms with Crippen molar-refractivity contribution in [1.82, 2.24) is 10.2 Å². The number of hydrogen-bond donors (Lipinski definition) is 2. The van der Waals surface area contributed by atoms with E-state index in [2.05, 4.69) is 5.32 Å². The Morgan fingerprint density at radius 2 is 1.64 bits per heavy atom. The summed E-state index contributed by atoms with van der Waals surface area (Å²) in [5, 5.41) is 12.3. The maximum atomic E-state index is 13.0. The Balaban J connectivity index is 2.18. The number of nitrogens with zero attached hydrogens (tertiary/aromatic N) is 1. The van der Waals surface area contributed by atoms with Gasteiger partial charge in [0.1, 0.15) is 0 Å². The van der Waals surface area contributed by atoms with Gasteiger partial charge in [0.25, 0.3) is 0 Å². The molecule has 0 unspecified atom stereocenters. The second-order valence-electron chi connectivity index (χ2n) is 7.96. The highest BCUT2D eigenvalue weighted by molar-refractivity contribution is 5.84. The highest BCUT2D eigenvalue weighted by atomic mass is 16.4. The van der Waals surface area contributed by atoms with Crippen LogP contribution in [0.1, 0.15) is 65.7 Å². The first kappa shape index (κ1) is 17.1. The van der Waals surface area contributed by atoms with Crippen LogP contribution in [0.2, 0.25) is 0 Å². The first-order chi connectivity index (χ1) is 10.2. The summed E-state index contributed by atoms with van der Waals surface area (Å²) in [4.78, 5) is 25.6. The Morgan fingerprint density at radius 3 is 2.09 bits per heavy atom. The molecule has 0 radical (unpaired) electrons. The number of carboxylic acid groups (broad SMARTS) is 1. The lowest BCUT2D eigenvalue weighted by Gasteiger charge is -2.47. The van der Waals surface area contributed by atoms with Crippen LogP contribution in [-0.2, 0) is 4.79 Å². The van der Waals surface area contributed by atoms with Crippen LogP contribution >= 0.6 is 0 Å². The van der Waals surface area contributed by atoms with Crippen molar-refractivity contribution >= 4 is 12.0 Å². The zero-order valence-electron chi connectivity index (χ0n) is 14.2. The molecule has 2 amide bonds. The topological polar surface area (TPSA) is 69.6 Å². The van der Waals surface area contributed by atoms with Crippen molar-refractivity contribution in [3.8, 4) is 0 Å². The molecule has 2 N–H and O–H groups in total. The lowest BCUT2D eigenvalue weighted by Crippen LogP contribution is -2.57. The Kier molecular flexibility index (Phi) is 5.03. The molecule has 2 rings (SSSR count). The van der Waals surface area contributed by atoms with Crippen molar-refractivity contribution < 1.29 is 14.7 Å². The zero-order valence-corrected chi connectivity index (χ0v) is 14.2. The van der Waals surface area contributed by atoms with Crippen LogP contribution in [0.15, 0.2) is 0 Å². The van der Waals surface area contributed by atoms with Gasteiger partial charge in [0.2, 0.25) is 5.91 Å². The Hall–Kier alpha value is -1.26. The maximum Gasteiger partial charge on any atom is 0.407 e. The number of rotatable bonds is 2. The fourth-order valence-electron chi connectivity index (χ4n) is 4.04. The van der Waals surface area contributed by atoms with Gasteiger partial charge in [0.15, 0.2) is 0 Å². The standard InChI is InChI=1S/C17H30N2O3/c1-16(2,3)18-14(20)17(13-7-5-4-6-8-13)9-11-19(12-10-17)15(21)22/h13H,4-12H2,1-3H3,(H,18,20)(H,21,22). The van der Waals surface area contributed by atoms with Gasteiger partial charge in [-0.2, -0.15) is 0 Å². The van der Waals surface area contributed by atoms with Crippen LogP contribution in [-0.4, -0.2) is 40.6 Å². The molecular formula is C17H30N2O3. The van der Waals surface area contributed by atoms with Gasteiger partial charge in [0.05, 0.1) is 5.41 Å². The van der Waals surface area contributed by atoms with Crippen LogP contribution < -0.4 is 5.32 Å². The highest BCUT2D eigenvalue weighted by Gasteiger charge is 2.48. The molecule has 1 saturated heterocycles. The molecule has 5 heteroatoms. The molecule has 2 aliphatic rings. The molecule has 1 heterocycles. The third-order valence-electron chi connectivity index (χ3n) is 5.25. The van der Waals surface area contributed by atoms with E-state index < -0.39 is 6.09 Å². The summed E-state index contributed by atoms with van der Waals surface area (Å²) < 4.78 is 0. The van der Waals surface area contributed by atoms with E-state index in [-0.39, 0.29) is 16.9 Å². The SMILES string of the molecule is CC(C)(C)NC(=O)C1(C2CCCCC2)CCN(C(=O)O)CC1. The molecule has 0 aromatic rings. The lowest BCUT2D eigenvalue weighted by molar-refractivity contribution is -0.140. The van der Waals surface area contributed by atoms with E-state index in [1.54, 1.807) is 0 Å². The van der Waals surface area contributed by atoms with E-state index in [1.807, 2.05) is 20.8 Å². The van der Waals surface area contributed by atoms with Crippen molar-refractivity contribution in [3.63, 3.8) is 0 Å². The second-order valence-corrected chi connectivity index (χ2v) is 7.96. The van der Waals surface area contributed by atoms with Gasteiger partial charge >= 0.3 is 6.09 Å². The molecule has 0 atom stereocenters. The third kappa shape index (κ3) is 3.73. The van der Waals surface area contributed by atoms with Crippen LogP contribution in [0.5, 0.6) is 0 Å². The van der Waals surface area contributed by atoms with E-state index in [1.165, 1.54) is 24.2 Å². The van der Waals surface area contributed by atoms with Crippen LogP contribution in [0.4, 0.5) is 4.79 Å². The van der Waals surface area contributed by atoms with Crippen LogP contribution in [0, 0.1) is 11.3 Å². The fourth-order valence-corrected chi connectivity index (χ4v) is 4.04. The van der Waals surface area contributed by atoms with E-state index in [4.69, 9.17) is 5.11 Å². The van der Waals surface area contributed by atoms with Crippen molar-refractivity contribution in [2.24, 2.45) is 11.3 Å². The minimum Gasteiger partial charge on any atom is -0.465 e. The van der Waals surface area contributed by atoms with Gasteiger partial charge in [-0.25, -0.2) is 4.79 Å². The lowest BCUT2D eigenvalue weighted by atomic mass is 9.63. The maximum absolute atomic E-state index is 13.0. The van der Waals surface area contributed by atoms with Crippen LogP contribution in [0.25, 0.3) is 0 Å². The third-order valence-corrected chi connectivity index (χ3v) is 5.25. The van der Waals surface area contributed by atoms with Gasteiger partial charge in [-0.15, -0.1) is 0 Å². The van der Waals surface area contributed by atoms with Gasteiger partial charge in [0, 0.05) is 18.6 Å². The summed E-state index contributed by atoms with van der Waals surface area (Å²) in [6.45, 7) is 6.97. The highest BCUT2D eigenvalue weighted by Crippen LogP contribution is 2.46. The molecule has 1 saturated carbocycles. The molecule has 0 spiro atoms. The fraction of sp³-hybridized carbons (Fsp3) is 0.882. The van der Waals surface area contributed by atoms with Crippen molar-refractivity contribution in [1.29, 1.82) is 0 Å². The minimum absolute atomic E-state index is 0.136. The molecule has 2 fully saturated rings. The molecule has 0 bridgehead atoms. The number of likely N-dealkylation sites (tertiary alicyclic amines) is 1. The molecule has 0 aromatic heterocycles. The van der Waals surface area contributed by atoms with Crippen molar-refractivity contribution in [2.75, 3.05) is 13.1 Å². The van der Waals surface area contributed by atoms with Crippen molar-refractivity contribution in [3.05, 3.63) is 0 Å². The number of piperidine rings is 1. The Labute approximate surface area is 133 Å². The van der Waals surface area contributed by atoms with E-state index >= 15 is 0 Å². The monoisotopic (exact) mass is 310 g/mol. The minimum atomic E-state index is -0.867. The largest absolute Gasteiger partial charge is 0.465 e. The summed E-state index contributed by atoms with van der Waals surface area (Å²) in [6.07, 6.45) is 6.30. The molecule has 1 aliphatic carbocycles. The average molecular weight is 310 g/mol. The predicted molar refractivity (Wildman–Crippen MR) is 85.7 cm³/mol. The number of hydrogen-bond acceptors (Lipinski definition) is 2.